The van der Waals surface area contributed by atoms with Gasteiger partial charge in [0.15, 0.2) is 0 Å². The highest BCUT2D eigenvalue weighted by Crippen LogP contribution is 2.19. The van der Waals surface area contributed by atoms with Gasteiger partial charge in [0.05, 0.1) is 0 Å². The van der Waals surface area contributed by atoms with Gasteiger partial charge in [-0.1, -0.05) is 30.3 Å². The van der Waals surface area contributed by atoms with E-state index in [-0.39, 0.29) is 0 Å². The fourth-order valence-electron chi connectivity index (χ4n) is 2.88. The Labute approximate surface area is 126 Å². The molecule has 1 saturated heterocycles. The van der Waals surface area contributed by atoms with Gasteiger partial charge in [0, 0.05) is 37.1 Å². The van der Waals surface area contributed by atoms with Crippen molar-refractivity contribution in [2.24, 2.45) is 0 Å². The molecule has 1 aliphatic heterocycles. The third-order valence-corrected chi connectivity index (χ3v) is 4.19. The second kappa shape index (κ2) is 6.64. The van der Waals surface area contributed by atoms with Crippen LogP contribution < -0.4 is 16.0 Å². The van der Waals surface area contributed by atoms with Crippen LogP contribution >= 0.6 is 0 Å². The van der Waals surface area contributed by atoms with E-state index in [1.807, 2.05) is 12.1 Å². The maximum absolute atomic E-state index is 5.71. The van der Waals surface area contributed by atoms with Crippen LogP contribution in [0.1, 0.15) is 18.4 Å². The van der Waals surface area contributed by atoms with Crippen molar-refractivity contribution in [3.05, 3.63) is 60.2 Å². The Morgan fingerprint density at radius 3 is 2.29 bits per heavy atom. The Morgan fingerprint density at radius 2 is 1.62 bits per heavy atom. The lowest BCUT2D eigenvalue weighted by atomic mass is 10.0. The first-order chi connectivity index (χ1) is 10.3. The SMILES string of the molecule is Nc1ccc(CNC2CCN(c3ccccc3)CC2)cc1. The van der Waals surface area contributed by atoms with E-state index >= 15 is 0 Å². The van der Waals surface area contributed by atoms with Crippen LogP contribution in [0.4, 0.5) is 11.4 Å². The average molecular weight is 281 g/mol. The second-order valence-electron chi connectivity index (χ2n) is 5.72. The second-order valence-corrected chi connectivity index (χ2v) is 5.72. The Bertz CT molecular complexity index is 542. The number of benzene rings is 2. The van der Waals surface area contributed by atoms with E-state index < -0.39 is 0 Å². The van der Waals surface area contributed by atoms with Gasteiger partial charge in [-0.15, -0.1) is 0 Å². The number of rotatable bonds is 4. The van der Waals surface area contributed by atoms with E-state index in [0.29, 0.717) is 6.04 Å². The lowest BCUT2D eigenvalue weighted by Gasteiger charge is -2.34. The van der Waals surface area contributed by atoms with E-state index in [0.717, 1.165) is 25.3 Å². The van der Waals surface area contributed by atoms with Crippen molar-refractivity contribution < 1.29 is 0 Å². The molecule has 21 heavy (non-hydrogen) atoms. The Morgan fingerprint density at radius 1 is 0.952 bits per heavy atom. The monoisotopic (exact) mass is 281 g/mol. The highest BCUT2D eigenvalue weighted by Gasteiger charge is 2.18. The molecular formula is C18H23N3. The predicted molar refractivity (Wildman–Crippen MR) is 89.4 cm³/mol. The van der Waals surface area contributed by atoms with E-state index in [2.05, 4.69) is 52.7 Å². The molecule has 2 aromatic carbocycles. The van der Waals surface area contributed by atoms with Crippen LogP contribution in [0.3, 0.4) is 0 Å². The summed E-state index contributed by atoms with van der Waals surface area (Å²) in [5, 5.41) is 3.66. The molecular weight excluding hydrogens is 258 g/mol. The van der Waals surface area contributed by atoms with Gasteiger partial charge in [-0.2, -0.15) is 0 Å². The zero-order valence-electron chi connectivity index (χ0n) is 12.3. The van der Waals surface area contributed by atoms with Gasteiger partial charge in [0.2, 0.25) is 0 Å². The van der Waals surface area contributed by atoms with Crippen molar-refractivity contribution >= 4 is 11.4 Å². The van der Waals surface area contributed by atoms with Crippen LogP contribution in [0.15, 0.2) is 54.6 Å². The molecule has 3 N–H and O–H groups in total. The highest BCUT2D eigenvalue weighted by atomic mass is 15.1. The zero-order valence-corrected chi connectivity index (χ0v) is 12.3. The van der Waals surface area contributed by atoms with Gasteiger partial charge in [-0.05, 0) is 42.7 Å². The molecule has 0 aliphatic carbocycles. The highest BCUT2D eigenvalue weighted by molar-refractivity contribution is 5.46. The van der Waals surface area contributed by atoms with Gasteiger partial charge in [0.1, 0.15) is 0 Å². The number of para-hydroxylation sites is 1. The van der Waals surface area contributed by atoms with Crippen molar-refractivity contribution in [3.63, 3.8) is 0 Å². The van der Waals surface area contributed by atoms with Gasteiger partial charge in [-0.3, -0.25) is 0 Å². The fourth-order valence-corrected chi connectivity index (χ4v) is 2.88. The largest absolute Gasteiger partial charge is 0.399 e. The zero-order chi connectivity index (χ0) is 14.5. The van der Waals surface area contributed by atoms with Gasteiger partial charge in [0.25, 0.3) is 0 Å². The minimum atomic E-state index is 0.613. The van der Waals surface area contributed by atoms with E-state index in [9.17, 15) is 0 Å². The Kier molecular flexibility index (Phi) is 4.41. The predicted octanol–water partition coefficient (Wildman–Crippen LogP) is 3.03. The molecule has 1 aliphatic rings. The van der Waals surface area contributed by atoms with Crippen molar-refractivity contribution in [1.29, 1.82) is 0 Å². The molecule has 3 nitrogen and oxygen atoms in total. The van der Waals surface area contributed by atoms with Gasteiger partial charge < -0.3 is 16.0 Å². The molecule has 1 fully saturated rings. The van der Waals surface area contributed by atoms with Crippen LogP contribution in [0.2, 0.25) is 0 Å². The molecule has 3 rings (SSSR count). The standard InChI is InChI=1S/C18H23N3/c19-16-8-6-15(7-9-16)14-20-17-10-12-21(13-11-17)18-4-2-1-3-5-18/h1-9,17,20H,10-14,19H2. The number of nitrogens with zero attached hydrogens (tertiary/aromatic N) is 1. The summed E-state index contributed by atoms with van der Waals surface area (Å²) in [6.07, 6.45) is 2.40. The van der Waals surface area contributed by atoms with Crippen LogP contribution in [-0.2, 0) is 6.54 Å². The summed E-state index contributed by atoms with van der Waals surface area (Å²) in [7, 11) is 0. The summed E-state index contributed by atoms with van der Waals surface area (Å²) in [6.45, 7) is 3.18. The molecule has 0 saturated carbocycles. The lowest BCUT2D eigenvalue weighted by Crippen LogP contribution is -2.42. The summed E-state index contributed by atoms with van der Waals surface area (Å²) in [5.74, 6) is 0. The van der Waals surface area contributed by atoms with Crippen LogP contribution in [-0.4, -0.2) is 19.1 Å². The first-order valence-corrected chi connectivity index (χ1v) is 7.69. The van der Waals surface area contributed by atoms with Crippen molar-refractivity contribution in [3.8, 4) is 0 Å². The molecule has 0 amide bonds. The molecule has 0 aromatic heterocycles. The Hall–Kier alpha value is -2.00. The lowest BCUT2D eigenvalue weighted by molar-refractivity contribution is 0.414. The summed E-state index contributed by atoms with van der Waals surface area (Å²) < 4.78 is 0. The normalized spacial score (nSPS) is 16.1. The molecule has 0 spiro atoms. The number of nitrogens with two attached hydrogens (primary N) is 1. The quantitative estimate of drug-likeness (QED) is 0.846. The smallest absolute Gasteiger partial charge is 0.0366 e. The summed E-state index contributed by atoms with van der Waals surface area (Å²) in [4.78, 5) is 2.47. The Balaban J connectivity index is 1.47. The van der Waals surface area contributed by atoms with E-state index in [1.165, 1.54) is 24.1 Å². The maximum atomic E-state index is 5.71. The average Bonchev–Trinajstić information content (AvgIpc) is 2.56. The number of hydrogen-bond donors (Lipinski definition) is 2. The third kappa shape index (κ3) is 3.76. The number of nitrogens with one attached hydrogen (secondary N) is 1. The van der Waals surface area contributed by atoms with Crippen molar-refractivity contribution in [1.82, 2.24) is 5.32 Å². The third-order valence-electron chi connectivity index (χ3n) is 4.19. The first-order valence-electron chi connectivity index (χ1n) is 7.69. The van der Waals surface area contributed by atoms with Crippen LogP contribution in [0, 0.1) is 0 Å². The number of nitrogen functional groups attached to an aromatic ring is 1. The summed E-state index contributed by atoms with van der Waals surface area (Å²) >= 11 is 0. The van der Waals surface area contributed by atoms with Gasteiger partial charge >= 0.3 is 0 Å². The molecule has 0 atom stereocenters. The van der Waals surface area contributed by atoms with Crippen LogP contribution in [0.5, 0.6) is 0 Å². The number of anilines is 2. The topological polar surface area (TPSA) is 41.3 Å². The van der Waals surface area contributed by atoms with Gasteiger partial charge in [-0.25, -0.2) is 0 Å². The van der Waals surface area contributed by atoms with Crippen LogP contribution in [0.25, 0.3) is 0 Å². The molecule has 3 heteroatoms. The fraction of sp³-hybridized carbons (Fsp3) is 0.333. The van der Waals surface area contributed by atoms with Crippen molar-refractivity contribution in [2.45, 2.75) is 25.4 Å². The number of piperidine rings is 1. The van der Waals surface area contributed by atoms with E-state index in [4.69, 9.17) is 5.73 Å². The summed E-state index contributed by atoms with van der Waals surface area (Å²) in [5.41, 5.74) is 9.18. The minimum absolute atomic E-state index is 0.613. The molecule has 0 radical (unpaired) electrons. The molecule has 110 valence electrons. The molecule has 0 unspecified atom stereocenters. The number of hydrogen-bond acceptors (Lipinski definition) is 3. The molecule has 1 heterocycles. The first kappa shape index (κ1) is 14.0. The van der Waals surface area contributed by atoms with Crippen molar-refractivity contribution in [2.75, 3.05) is 23.7 Å². The molecule has 2 aromatic rings. The maximum Gasteiger partial charge on any atom is 0.0366 e. The van der Waals surface area contributed by atoms with E-state index in [1.54, 1.807) is 0 Å². The molecule has 0 bridgehead atoms. The minimum Gasteiger partial charge on any atom is -0.399 e. The summed E-state index contributed by atoms with van der Waals surface area (Å²) in [6, 6.07) is 19.4.